The van der Waals surface area contributed by atoms with Gasteiger partial charge in [0.05, 0.1) is 21.2 Å². The zero-order chi connectivity index (χ0) is 14.9. The number of non-ortho nitro benzene ring substituents is 1. The van der Waals surface area contributed by atoms with E-state index >= 15 is 0 Å². The number of nitrogens with one attached hydrogen (secondary N) is 1. The van der Waals surface area contributed by atoms with E-state index in [1.807, 2.05) is 6.92 Å². The largest absolute Gasteiger partial charge is 0.397 e. The molecule has 0 atom stereocenters. The standard InChI is InChI=1S/C13H16ClN3O3/c1-2-13(4-3-5-13)16-12(18)9-6-8(17(19)20)7-10(14)11(9)15/h6-7H,2-5,15H2,1H3,(H,16,18). The first-order valence-corrected chi connectivity index (χ1v) is 6.82. The molecular weight excluding hydrogens is 282 g/mol. The highest BCUT2D eigenvalue weighted by Gasteiger charge is 2.37. The van der Waals surface area contributed by atoms with Crippen LogP contribution >= 0.6 is 11.6 Å². The van der Waals surface area contributed by atoms with Crippen molar-refractivity contribution in [2.24, 2.45) is 0 Å². The summed E-state index contributed by atoms with van der Waals surface area (Å²) in [6.45, 7) is 2.00. The summed E-state index contributed by atoms with van der Waals surface area (Å²) in [5, 5.41) is 13.8. The molecule has 0 spiro atoms. The number of carbonyl (C=O) groups is 1. The van der Waals surface area contributed by atoms with Gasteiger partial charge in [0.15, 0.2) is 0 Å². The molecule has 3 N–H and O–H groups in total. The van der Waals surface area contributed by atoms with Crippen molar-refractivity contribution in [1.82, 2.24) is 5.32 Å². The highest BCUT2D eigenvalue weighted by atomic mass is 35.5. The third kappa shape index (κ3) is 2.56. The SMILES string of the molecule is CCC1(NC(=O)c2cc([N+](=O)[O-])cc(Cl)c2N)CCC1. The minimum Gasteiger partial charge on any atom is -0.397 e. The first kappa shape index (κ1) is 14.6. The number of anilines is 1. The number of amides is 1. The maximum absolute atomic E-state index is 12.3. The lowest BCUT2D eigenvalue weighted by Gasteiger charge is -2.42. The van der Waals surface area contributed by atoms with E-state index in [1.54, 1.807) is 0 Å². The zero-order valence-electron chi connectivity index (χ0n) is 11.1. The summed E-state index contributed by atoms with van der Waals surface area (Å²) in [6, 6.07) is 2.31. The van der Waals surface area contributed by atoms with Gasteiger partial charge >= 0.3 is 0 Å². The van der Waals surface area contributed by atoms with Crippen molar-refractivity contribution >= 4 is 28.9 Å². The fraction of sp³-hybridized carbons (Fsp3) is 0.462. The molecule has 0 saturated heterocycles. The van der Waals surface area contributed by atoms with Crippen molar-refractivity contribution in [2.45, 2.75) is 38.1 Å². The highest BCUT2D eigenvalue weighted by molar-refractivity contribution is 6.34. The van der Waals surface area contributed by atoms with E-state index in [4.69, 9.17) is 17.3 Å². The van der Waals surface area contributed by atoms with Gasteiger partial charge in [-0.1, -0.05) is 18.5 Å². The molecule has 7 heteroatoms. The maximum atomic E-state index is 12.3. The second-order valence-corrected chi connectivity index (χ2v) is 5.49. The van der Waals surface area contributed by atoms with Crippen LogP contribution in [0.25, 0.3) is 0 Å². The van der Waals surface area contributed by atoms with Crippen LogP contribution < -0.4 is 11.1 Å². The van der Waals surface area contributed by atoms with Gasteiger partial charge in [0.2, 0.25) is 0 Å². The van der Waals surface area contributed by atoms with E-state index < -0.39 is 10.8 Å². The van der Waals surface area contributed by atoms with Crippen LogP contribution in [0.3, 0.4) is 0 Å². The van der Waals surface area contributed by atoms with Crippen LogP contribution in [0.4, 0.5) is 11.4 Å². The van der Waals surface area contributed by atoms with Crippen LogP contribution in [-0.2, 0) is 0 Å². The fourth-order valence-electron chi connectivity index (χ4n) is 2.38. The van der Waals surface area contributed by atoms with Gasteiger partial charge in [-0.25, -0.2) is 0 Å². The van der Waals surface area contributed by atoms with Gasteiger partial charge in [-0.2, -0.15) is 0 Å². The number of nitro groups is 1. The Morgan fingerprint density at radius 1 is 1.55 bits per heavy atom. The van der Waals surface area contributed by atoms with Gasteiger partial charge in [0.1, 0.15) is 0 Å². The third-order valence-corrected chi connectivity index (χ3v) is 4.25. The van der Waals surface area contributed by atoms with E-state index in [1.165, 1.54) is 6.07 Å². The number of benzene rings is 1. The van der Waals surface area contributed by atoms with Crippen molar-refractivity contribution in [3.63, 3.8) is 0 Å². The Hall–Kier alpha value is -1.82. The molecule has 1 fully saturated rings. The minimum atomic E-state index is -0.596. The molecule has 0 aliphatic heterocycles. The quantitative estimate of drug-likeness (QED) is 0.507. The molecule has 0 unspecified atom stereocenters. The number of halogens is 1. The molecule has 1 saturated carbocycles. The van der Waals surface area contributed by atoms with Gasteiger partial charge < -0.3 is 11.1 Å². The minimum absolute atomic E-state index is 0.0171. The van der Waals surface area contributed by atoms with Gasteiger partial charge in [-0.3, -0.25) is 14.9 Å². The molecule has 1 aliphatic carbocycles. The van der Waals surface area contributed by atoms with Crippen LogP contribution in [0.5, 0.6) is 0 Å². The summed E-state index contributed by atoms with van der Waals surface area (Å²) in [7, 11) is 0. The Morgan fingerprint density at radius 2 is 2.20 bits per heavy atom. The average molecular weight is 298 g/mol. The summed E-state index contributed by atoms with van der Waals surface area (Å²) in [5.74, 6) is -0.408. The molecule has 20 heavy (non-hydrogen) atoms. The Labute approximate surface area is 121 Å². The smallest absolute Gasteiger partial charge is 0.271 e. The number of nitrogens with two attached hydrogens (primary N) is 1. The predicted molar refractivity (Wildman–Crippen MR) is 76.9 cm³/mol. The molecule has 108 valence electrons. The van der Waals surface area contributed by atoms with Gasteiger partial charge in [-0.15, -0.1) is 0 Å². The Bertz CT molecular complexity index is 565. The highest BCUT2D eigenvalue weighted by Crippen LogP contribution is 2.36. The van der Waals surface area contributed by atoms with E-state index in [9.17, 15) is 14.9 Å². The second kappa shape index (κ2) is 5.28. The second-order valence-electron chi connectivity index (χ2n) is 5.09. The molecule has 6 nitrogen and oxygen atoms in total. The van der Waals surface area contributed by atoms with Crippen molar-refractivity contribution < 1.29 is 9.72 Å². The van der Waals surface area contributed by atoms with Gasteiger partial charge in [0, 0.05) is 17.7 Å². The lowest BCUT2D eigenvalue weighted by molar-refractivity contribution is -0.384. The topological polar surface area (TPSA) is 98.3 Å². The van der Waals surface area contributed by atoms with Gasteiger partial charge in [0.25, 0.3) is 11.6 Å². The Morgan fingerprint density at radius 3 is 2.65 bits per heavy atom. The number of carbonyl (C=O) groups excluding carboxylic acids is 1. The normalized spacial score (nSPS) is 16.3. The molecule has 1 aromatic carbocycles. The average Bonchev–Trinajstić information content (AvgIpc) is 2.36. The van der Waals surface area contributed by atoms with Crippen molar-refractivity contribution in [1.29, 1.82) is 0 Å². The number of hydrogen-bond acceptors (Lipinski definition) is 4. The van der Waals surface area contributed by atoms with Crippen LogP contribution in [0, 0.1) is 10.1 Å². The lowest BCUT2D eigenvalue weighted by atomic mass is 9.74. The van der Waals surface area contributed by atoms with E-state index in [2.05, 4.69) is 5.32 Å². The van der Waals surface area contributed by atoms with Crippen LogP contribution in [0.15, 0.2) is 12.1 Å². The number of nitro benzene ring substituents is 1. The molecule has 0 bridgehead atoms. The fourth-order valence-corrected chi connectivity index (χ4v) is 2.59. The summed E-state index contributed by atoms with van der Waals surface area (Å²) in [6.07, 6.45) is 3.72. The van der Waals surface area contributed by atoms with Gasteiger partial charge in [-0.05, 0) is 25.7 Å². The monoisotopic (exact) mass is 297 g/mol. The van der Waals surface area contributed by atoms with E-state index in [0.717, 1.165) is 31.7 Å². The molecular formula is C13H16ClN3O3. The molecule has 2 rings (SSSR count). The number of rotatable bonds is 4. The lowest BCUT2D eigenvalue weighted by Crippen LogP contribution is -2.53. The zero-order valence-corrected chi connectivity index (χ0v) is 11.9. The van der Waals surface area contributed by atoms with Crippen molar-refractivity contribution in [3.8, 4) is 0 Å². The molecule has 1 aliphatic rings. The molecule has 1 aromatic rings. The maximum Gasteiger partial charge on any atom is 0.271 e. The van der Waals surface area contributed by atoms with Crippen LogP contribution in [0.1, 0.15) is 43.0 Å². The predicted octanol–water partition coefficient (Wildman–Crippen LogP) is 2.89. The Kier molecular flexibility index (Phi) is 3.85. The van der Waals surface area contributed by atoms with Crippen LogP contribution in [0.2, 0.25) is 5.02 Å². The Balaban J connectivity index is 2.31. The summed E-state index contributed by atoms with van der Waals surface area (Å²) in [5.41, 5.74) is 5.44. The molecule has 0 aromatic heterocycles. The molecule has 0 radical (unpaired) electrons. The molecule has 1 amide bonds. The summed E-state index contributed by atoms with van der Waals surface area (Å²) >= 11 is 5.85. The summed E-state index contributed by atoms with van der Waals surface area (Å²) in [4.78, 5) is 22.5. The van der Waals surface area contributed by atoms with Crippen molar-refractivity contribution in [3.05, 3.63) is 32.8 Å². The van der Waals surface area contributed by atoms with Crippen molar-refractivity contribution in [2.75, 3.05) is 5.73 Å². The number of nitrogen functional groups attached to an aromatic ring is 1. The summed E-state index contributed by atoms with van der Waals surface area (Å²) < 4.78 is 0. The molecule has 0 heterocycles. The number of hydrogen-bond donors (Lipinski definition) is 2. The number of nitrogens with zero attached hydrogens (tertiary/aromatic N) is 1. The van der Waals surface area contributed by atoms with Crippen LogP contribution in [-0.4, -0.2) is 16.4 Å². The van der Waals surface area contributed by atoms with E-state index in [-0.39, 0.29) is 27.5 Å². The van der Waals surface area contributed by atoms with E-state index in [0.29, 0.717) is 0 Å². The first-order valence-electron chi connectivity index (χ1n) is 6.44. The first-order chi connectivity index (χ1) is 9.38. The third-order valence-electron chi connectivity index (χ3n) is 3.94.